The number of hydrogen-bond donors (Lipinski definition) is 2. The normalized spacial score (nSPS) is 14.1. The van der Waals surface area contributed by atoms with Crippen molar-refractivity contribution in [2.45, 2.75) is 45.3 Å². The van der Waals surface area contributed by atoms with Gasteiger partial charge in [0.05, 0.1) is 5.69 Å². The molecule has 0 radical (unpaired) electrons. The molecule has 0 saturated carbocycles. The summed E-state index contributed by atoms with van der Waals surface area (Å²) in [6.45, 7) is 7.36. The Morgan fingerprint density at radius 3 is 1.62 bits per heavy atom. The van der Waals surface area contributed by atoms with Gasteiger partial charge in [-0.1, -0.05) is 60.7 Å². The van der Waals surface area contributed by atoms with Crippen LogP contribution in [0.2, 0.25) is 0 Å². The fraction of sp³-hybridized carbons (Fsp3) is 0.239. The number of benzene rings is 4. The van der Waals surface area contributed by atoms with E-state index >= 15 is 0 Å². The Balaban J connectivity index is 0.000000141. The smallest absolute Gasteiger partial charge is 0.357 e. The molecule has 284 valence electrons. The summed E-state index contributed by atoms with van der Waals surface area (Å²) in [6.07, 6.45) is 12.5. The number of hydrogen-bond acceptors (Lipinski definition) is 7. The Hall–Kier alpha value is -6.23. The van der Waals surface area contributed by atoms with E-state index in [1.807, 2.05) is 36.4 Å². The van der Waals surface area contributed by atoms with Gasteiger partial charge in [0.15, 0.2) is 5.69 Å². The summed E-state index contributed by atoms with van der Waals surface area (Å²) < 4.78 is 15.4. The van der Waals surface area contributed by atoms with Crippen LogP contribution in [0, 0.1) is 0 Å². The lowest BCUT2D eigenvalue weighted by Gasteiger charge is -2.11. The molecule has 2 saturated heterocycles. The molecule has 8 aromatic rings. The molecule has 2 aliphatic rings. The van der Waals surface area contributed by atoms with Crippen molar-refractivity contribution in [2.24, 2.45) is 0 Å². The highest BCUT2D eigenvalue weighted by Crippen LogP contribution is 2.24. The first-order valence-electron chi connectivity index (χ1n) is 19.4. The van der Waals surface area contributed by atoms with E-state index in [1.165, 1.54) is 79.2 Å². The summed E-state index contributed by atoms with van der Waals surface area (Å²) in [5, 5.41) is 14.6. The van der Waals surface area contributed by atoms with Crippen LogP contribution >= 0.6 is 0 Å². The van der Waals surface area contributed by atoms with Gasteiger partial charge in [-0.05, 0) is 122 Å². The first-order chi connectivity index (χ1) is 27.6. The quantitative estimate of drug-likeness (QED) is 0.150. The Labute approximate surface area is 326 Å². The third-order valence-corrected chi connectivity index (χ3v) is 10.3. The lowest BCUT2D eigenvalue weighted by atomic mass is 10.1. The average Bonchev–Trinajstić information content (AvgIpc) is 4.09. The lowest BCUT2D eigenvalue weighted by Crippen LogP contribution is -2.18. The Kier molecular flexibility index (Phi) is 11.5. The van der Waals surface area contributed by atoms with Crippen molar-refractivity contribution >= 4 is 27.8 Å². The van der Waals surface area contributed by atoms with Crippen LogP contribution in [0.25, 0.3) is 44.7 Å². The number of nitrogens with zero attached hydrogens (tertiary/aromatic N) is 5. The molecule has 6 heterocycles. The molecule has 2 aliphatic heterocycles. The molecule has 0 bridgehead atoms. The third-order valence-electron chi connectivity index (χ3n) is 10.3. The van der Waals surface area contributed by atoms with E-state index in [1.54, 1.807) is 6.26 Å². The van der Waals surface area contributed by atoms with Gasteiger partial charge in [0.1, 0.15) is 12.5 Å². The van der Waals surface area contributed by atoms with E-state index in [-0.39, 0.29) is 5.69 Å². The maximum atomic E-state index is 10.9. The molecule has 10 rings (SSSR count). The number of nitrogens with one attached hydrogen (secondary N) is 1. The van der Waals surface area contributed by atoms with Crippen molar-refractivity contribution in [2.75, 3.05) is 26.2 Å². The van der Waals surface area contributed by atoms with Gasteiger partial charge in [-0.3, -0.25) is 4.90 Å². The van der Waals surface area contributed by atoms with E-state index in [0.717, 1.165) is 48.3 Å². The van der Waals surface area contributed by atoms with Crippen LogP contribution in [0.4, 0.5) is 0 Å². The zero-order chi connectivity index (χ0) is 38.1. The second-order valence-electron chi connectivity index (χ2n) is 14.3. The number of carboxylic acids is 1. The summed E-state index contributed by atoms with van der Waals surface area (Å²) in [5.74, 6) is -0.0753. The molecular weight excluding hydrogens is 701 g/mol. The van der Waals surface area contributed by atoms with Gasteiger partial charge >= 0.3 is 5.97 Å². The minimum Gasteiger partial charge on any atom is -0.476 e. The van der Waals surface area contributed by atoms with Gasteiger partial charge in [0.2, 0.25) is 11.8 Å². The Bertz CT molecular complexity index is 2470. The number of para-hydroxylation sites is 2. The molecule has 0 atom stereocenters. The van der Waals surface area contributed by atoms with Crippen LogP contribution in [0.1, 0.15) is 53.0 Å². The molecule has 0 spiro atoms. The van der Waals surface area contributed by atoms with Gasteiger partial charge in [-0.15, -0.1) is 0 Å². The Morgan fingerprint density at radius 2 is 1.12 bits per heavy atom. The fourth-order valence-electron chi connectivity index (χ4n) is 7.27. The molecule has 4 aromatic carbocycles. The monoisotopic (exact) mass is 746 g/mol. The molecule has 0 unspecified atom stereocenters. The summed E-state index contributed by atoms with van der Waals surface area (Å²) in [7, 11) is 0. The fourth-order valence-corrected chi connectivity index (χ4v) is 7.27. The number of carboxylic acid groups (broad SMARTS) is 1. The Morgan fingerprint density at radius 1 is 0.607 bits per heavy atom. The van der Waals surface area contributed by atoms with Crippen molar-refractivity contribution in [3.05, 3.63) is 157 Å². The molecule has 4 aromatic heterocycles. The summed E-state index contributed by atoms with van der Waals surface area (Å²) in [6, 6.07) is 37.3. The molecule has 2 fully saturated rings. The van der Waals surface area contributed by atoms with E-state index in [2.05, 4.69) is 115 Å². The molecule has 56 heavy (non-hydrogen) atoms. The van der Waals surface area contributed by atoms with Crippen molar-refractivity contribution < 1.29 is 18.7 Å². The summed E-state index contributed by atoms with van der Waals surface area (Å²) in [5.41, 5.74) is 7.59. The zero-order valence-electron chi connectivity index (χ0n) is 31.4. The van der Waals surface area contributed by atoms with Gasteiger partial charge in [0.25, 0.3) is 0 Å². The number of aromatic nitrogens is 4. The van der Waals surface area contributed by atoms with Crippen LogP contribution in [0.3, 0.4) is 0 Å². The van der Waals surface area contributed by atoms with E-state index in [9.17, 15) is 4.79 Å². The van der Waals surface area contributed by atoms with Crippen LogP contribution in [-0.2, 0) is 19.6 Å². The van der Waals surface area contributed by atoms with Crippen molar-refractivity contribution in [3.8, 4) is 22.9 Å². The first-order valence-corrected chi connectivity index (χ1v) is 19.4. The first kappa shape index (κ1) is 36.7. The lowest BCUT2D eigenvalue weighted by molar-refractivity contribution is 0.0690. The van der Waals surface area contributed by atoms with Gasteiger partial charge < -0.3 is 28.4 Å². The predicted molar refractivity (Wildman–Crippen MR) is 220 cm³/mol. The van der Waals surface area contributed by atoms with Crippen LogP contribution in [-0.4, -0.2) is 61.3 Å². The number of fused-ring (bicyclic) bond motifs is 2. The SMILES string of the molecule is C1CCNC1.O=C(O)c1coc(-c2ccc(Cn3ccc4ccccc43)cc2)n1.c1ccc2c(c1)ccn2Cc1ccc(-c2nc(CN3CCCC3)co2)cc1. The van der Waals surface area contributed by atoms with Gasteiger partial charge in [-0.25, -0.2) is 14.8 Å². The molecule has 10 heteroatoms. The highest BCUT2D eigenvalue weighted by molar-refractivity contribution is 5.85. The zero-order valence-corrected chi connectivity index (χ0v) is 31.4. The minimum absolute atomic E-state index is 0.0899. The molecule has 10 nitrogen and oxygen atoms in total. The van der Waals surface area contributed by atoms with Gasteiger partial charge in [0, 0.05) is 54.2 Å². The predicted octanol–water partition coefficient (Wildman–Crippen LogP) is 9.35. The average molecular weight is 747 g/mol. The van der Waals surface area contributed by atoms with Crippen LogP contribution in [0.5, 0.6) is 0 Å². The van der Waals surface area contributed by atoms with Crippen molar-refractivity contribution in [1.29, 1.82) is 0 Å². The summed E-state index contributed by atoms with van der Waals surface area (Å²) >= 11 is 0. The largest absolute Gasteiger partial charge is 0.476 e. The molecule has 0 aliphatic carbocycles. The highest BCUT2D eigenvalue weighted by atomic mass is 16.4. The van der Waals surface area contributed by atoms with E-state index < -0.39 is 5.97 Å². The van der Waals surface area contributed by atoms with Gasteiger partial charge in [-0.2, -0.15) is 0 Å². The van der Waals surface area contributed by atoms with Crippen LogP contribution < -0.4 is 5.32 Å². The third kappa shape index (κ3) is 9.00. The maximum absolute atomic E-state index is 10.9. The number of rotatable bonds is 9. The number of likely N-dealkylation sites (tertiary alicyclic amines) is 1. The molecule has 0 amide bonds. The van der Waals surface area contributed by atoms with E-state index in [4.69, 9.17) is 13.9 Å². The van der Waals surface area contributed by atoms with Crippen molar-refractivity contribution in [3.63, 3.8) is 0 Å². The van der Waals surface area contributed by atoms with Crippen LogP contribution in [0.15, 0.2) is 143 Å². The second-order valence-corrected chi connectivity index (χ2v) is 14.3. The summed E-state index contributed by atoms with van der Waals surface area (Å²) in [4.78, 5) is 21.9. The maximum Gasteiger partial charge on any atom is 0.357 e. The van der Waals surface area contributed by atoms with Crippen molar-refractivity contribution in [1.82, 2.24) is 29.3 Å². The number of aromatic carboxylic acids is 1. The second kappa shape index (κ2) is 17.5. The standard InChI is InChI=1S/C23H23N3O.C19H14N2O3.C4H9N/c1-2-6-22-19(5-1)11-14-26(22)15-18-7-9-20(10-8-18)23-24-21(17-27-23)16-25-12-3-4-13-25;22-19(23)16-12-24-18(20-16)15-7-5-13(6-8-15)11-21-10-9-14-3-1-2-4-17(14)21;1-2-4-5-3-1/h1-2,5-11,14,17H,3-4,12-13,15-16H2;1-10,12H,11H2,(H,22,23);5H,1-4H2. The number of oxazole rings is 2. The minimum atomic E-state index is -1.10. The molecular formula is C46H46N6O4. The van der Waals surface area contributed by atoms with E-state index in [0.29, 0.717) is 11.8 Å². The topological polar surface area (TPSA) is 114 Å². The molecule has 2 N–H and O–H groups in total. The highest BCUT2D eigenvalue weighted by Gasteiger charge is 2.15. The number of carbonyl (C=O) groups is 1.